The number of hydrogen-bond acceptors (Lipinski definition) is 3. The van der Waals surface area contributed by atoms with Gasteiger partial charge in [-0.05, 0) is 53.9 Å². The Morgan fingerprint density at radius 1 is 1.14 bits per heavy atom. The Bertz CT molecular complexity index is 749. The molecule has 0 atom stereocenters. The van der Waals surface area contributed by atoms with Crippen LogP contribution in [0.15, 0.2) is 34.8 Å². The first-order chi connectivity index (χ1) is 10.3. The van der Waals surface area contributed by atoms with E-state index in [9.17, 15) is 14.9 Å². The maximum atomic E-state index is 12.5. The van der Waals surface area contributed by atoms with Gasteiger partial charge in [0, 0.05) is 22.2 Å². The van der Waals surface area contributed by atoms with Gasteiger partial charge in [-0.25, -0.2) is 0 Å². The van der Waals surface area contributed by atoms with Crippen LogP contribution in [-0.4, -0.2) is 10.8 Å². The lowest BCUT2D eigenvalue weighted by Gasteiger charge is -2.12. The minimum Gasteiger partial charge on any atom is -0.321 e. The molecule has 2 rings (SSSR count). The Kier molecular flexibility index (Phi) is 4.61. The molecule has 0 aromatic heterocycles. The Balaban J connectivity index is 2.32. The summed E-state index contributed by atoms with van der Waals surface area (Å²) >= 11 is 3.25. The number of nitrogens with zero attached hydrogens (tertiary/aromatic N) is 1. The molecule has 0 saturated carbocycles. The molecule has 114 valence electrons. The number of amides is 1. The average Bonchev–Trinajstić information content (AvgIpc) is 2.39. The minimum absolute atomic E-state index is 0.0347. The van der Waals surface area contributed by atoms with Crippen molar-refractivity contribution in [2.24, 2.45) is 0 Å². The number of carbonyl (C=O) groups is 1. The zero-order chi connectivity index (χ0) is 16.4. The number of nitro benzene ring substituents is 1. The van der Waals surface area contributed by atoms with Crippen molar-refractivity contribution in [1.82, 2.24) is 0 Å². The monoisotopic (exact) mass is 362 g/mol. The van der Waals surface area contributed by atoms with E-state index in [1.54, 1.807) is 0 Å². The minimum atomic E-state index is -0.482. The summed E-state index contributed by atoms with van der Waals surface area (Å²) in [6, 6.07) is 8.14. The summed E-state index contributed by atoms with van der Waals surface area (Å²) < 4.78 is 0.470. The first-order valence-corrected chi connectivity index (χ1v) is 7.42. The van der Waals surface area contributed by atoms with Gasteiger partial charge in [-0.2, -0.15) is 0 Å². The highest BCUT2D eigenvalue weighted by Crippen LogP contribution is 2.28. The molecule has 0 radical (unpaired) electrons. The largest absolute Gasteiger partial charge is 0.321 e. The molecule has 1 N–H and O–H groups in total. The van der Waals surface area contributed by atoms with E-state index in [2.05, 4.69) is 21.2 Å². The summed E-state index contributed by atoms with van der Waals surface area (Å²) in [5.41, 5.74) is 3.97. The summed E-state index contributed by atoms with van der Waals surface area (Å²) in [7, 11) is 0. The van der Waals surface area contributed by atoms with Gasteiger partial charge in [0.05, 0.1) is 10.6 Å². The number of carbonyl (C=O) groups excluding carboxylic acids is 1. The van der Waals surface area contributed by atoms with E-state index >= 15 is 0 Å². The highest BCUT2D eigenvalue weighted by atomic mass is 79.9. The molecule has 0 fully saturated rings. The normalized spacial score (nSPS) is 10.4. The Morgan fingerprint density at radius 3 is 2.23 bits per heavy atom. The Morgan fingerprint density at radius 2 is 1.73 bits per heavy atom. The third kappa shape index (κ3) is 3.33. The van der Waals surface area contributed by atoms with Gasteiger partial charge in [-0.3, -0.25) is 14.9 Å². The zero-order valence-corrected chi connectivity index (χ0v) is 14.0. The van der Waals surface area contributed by atoms with Crippen molar-refractivity contribution in [3.63, 3.8) is 0 Å². The maximum absolute atomic E-state index is 12.5. The predicted molar refractivity (Wildman–Crippen MR) is 89.4 cm³/mol. The second kappa shape index (κ2) is 6.27. The van der Waals surface area contributed by atoms with Gasteiger partial charge in [-0.15, -0.1) is 0 Å². The molecule has 0 unspecified atom stereocenters. The second-order valence-corrected chi connectivity index (χ2v) is 6.00. The fourth-order valence-electron chi connectivity index (χ4n) is 2.44. The summed E-state index contributed by atoms with van der Waals surface area (Å²) in [4.78, 5) is 22.7. The first kappa shape index (κ1) is 16.2. The number of benzene rings is 2. The van der Waals surface area contributed by atoms with E-state index in [1.807, 2.05) is 32.9 Å². The molecule has 0 saturated heterocycles. The Labute approximate surface area is 136 Å². The lowest BCUT2D eigenvalue weighted by molar-refractivity contribution is -0.384. The van der Waals surface area contributed by atoms with Crippen LogP contribution in [0.5, 0.6) is 0 Å². The first-order valence-electron chi connectivity index (χ1n) is 6.62. The number of halogens is 1. The second-order valence-electron chi connectivity index (χ2n) is 5.15. The molecule has 0 heterocycles. The van der Waals surface area contributed by atoms with Crippen LogP contribution in [0.25, 0.3) is 0 Å². The van der Waals surface area contributed by atoms with Gasteiger partial charge in [0.1, 0.15) is 0 Å². The fraction of sp³-hybridized carbons (Fsp3) is 0.188. The number of aryl methyl sites for hydroxylation is 3. The quantitative estimate of drug-likeness (QED) is 0.643. The van der Waals surface area contributed by atoms with Crippen molar-refractivity contribution < 1.29 is 9.72 Å². The van der Waals surface area contributed by atoms with Gasteiger partial charge in [0.25, 0.3) is 11.6 Å². The van der Waals surface area contributed by atoms with Crippen LogP contribution in [0.2, 0.25) is 0 Å². The molecule has 0 aliphatic rings. The number of hydrogen-bond donors (Lipinski definition) is 1. The van der Waals surface area contributed by atoms with E-state index < -0.39 is 4.92 Å². The van der Waals surface area contributed by atoms with Crippen molar-refractivity contribution in [3.05, 3.63) is 67.2 Å². The van der Waals surface area contributed by atoms with Crippen LogP contribution < -0.4 is 5.32 Å². The number of nitrogens with one attached hydrogen (secondary N) is 1. The van der Waals surface area contributed by atoms with Gasteiger partial charge in [0.2, 0.25) is 0 Å². The molecule has 0 bridgehead atoms. The van der Waals surface area contributed by atoms with Crippen LogP contribution in [0.3, 0.4) is 0 Å². The van der Waals surface area contributed by atoms with Crippen LogP contribution in [0.1, 0.15) is 27.0 Å². The number of anilines is 1. The molecular formula is C16H15BrN2O3. The van der Waals surface area contributed by atoms with Crippen molar-refractivity contribution in [3.8, 4) is 0 Å². The number of rotatable bonds is 3. The molecule has 1 amide bonds. The number of non-ortho nitro benzene ring substituents is 1. The lowest BCUT2D eigenvalue weighted by Crippen LogP contribution is -2.15. The van der Waals surface area contributed by atoms with Gasteiger partial charge in [-0.1, -0.05) is 17.7 Å². The van der Waals surface area contributed by atoms with E-state index in [4.69, 9.17) is 0 Å². The number of nitro groups is 1. The van der Waals surface area contributed by atoms with Gasteiger partial charge in [0.15, 0.2) is 0 Å². The van der Waals surface area contributed by atoms with E-state index in [0.717, 1.165) is 16.7 Å². The molecule has 0 aliphatic heterocycles. The van der Waals surface area contributed by atoms with Crippen LogP contribution in [0, 0.1) is 30.9 Å². The third-order valence-electron chi connectivity index (χ3n) is 3.32. The third-order valence-corrected chi connectivity index (χ3v) is 3.97. The molecule has 0 aliphatic carbocycles. The molecule has 0 spiro atoms. The van der Waals surface area contributed by atoms with Gasteiger partial charge < -0.3 is 5.32 Å². The fourth-order valence-corrected chi connectivity index (χ4v) is 2.91. The van der Waals surface area contributed by atoms with Gasteiger partial charge >= 0.3 is 0 Å². The molecule has 6 heteroatoms. The molecule has 5 nitrogen and oxygen atoms in total. The summed E-state index contributed by atoms with van der Waals surface area (Å²) in [6.07, 6.45) is 0. The zero-order valence-electron chi connectivity index (χ0n) is 12.4. The SMILES string of the molecule is Cc1cc(C)c(C(=O)Nc2ccc([N+](=O)[O-])cc2Br)c(C)c1. The van der Waals surface area contributed by atoms with Crippen LogP contribution in [0.4, 0.5) is 11.4 Å². The standard InChI is InChI=1S/C16H15BrN2O3/c1-9-6-10(2)15(11(3)7-9)16(20)18-14-5-4-12(19(21)22)8-13(14)17/h4-8H,1-3H3,(H,18,20). The molecule has 2 aromatic rings. The maximum Gasteiger partial charge on any atom is 0.270 e. The van der Waals surface area contributed by atoms with E-state index in [-0.39, 0.29) is 11.6 Å². The van der Waals surface area contributed by atoms with Crippen molar-refractivity contribution in [1.29, 1.82) is 0 Å². The Hall–Kier alpha value is -2.21. The molecular weight excluding hydrogens is 348 g/mol. The molecule has 22 heavy (non-hydrogen) atoms. The summed E-state index contributed by atoms with van der Waals surface area (Å²) in [6.45, 7) is 5.76. The van der Waals surface area contributed by atoms with Crippen molar-refractivity contribution in [2.45, 2.75) is 20.8 Å². The van der Waals surface area contributed by atoms with Crippen molar-refractivity contribution >= 4 is 33.2 Å². The smallest absolute Gasteiger partial charge is 0.270 e. The summed E-state index contributed by atoms with van der Waals surface area (Å²) in [5, 5.41) is 13.5. The van der Waals surface area contributed by atoms with E-state index in [0.29, 0.717) is 15.7 Å². The predicted octanol–water partition coefficient (Wildman–Crippen LogP) is 4.53. The highest BCUT2D eigenvalue weighted by molar-refractivity contribution is 9.10. The topological polar surface area (TPSA) is 72.2 Å². The van der Waals surface area contributed by atoms with Crippen LogP contribution >= 0.6 is 15.9 Å². The van der Waals surface area contributed by atoms with E-state index in [1.165, 1.54) is 18.2 Å². The van der Waals surface area contributed by atoms with Crippen LogP contribution in [-0.2, 0) is 0 Å². The average molecular weight is 363 g/mol. The molecule has 2 aromatic carbocycles. The highest BCUT2D eigenvalue weighted by Gasteiger charge is 2.15. The van der Waals surface area contributed by atoms with Crippen molar-refractivity contribution in [2.75, 3.05) is 5.32 Å². The summed E-state index contributed by atoms with van der Waals surface area (Å²) in [5.74, 6) is -0.232. The lowest BCUT2D eigenvalue weighted by atomic mass is 9.99.